The van der Waals surface area contributed by atoms with E-state index >= 15 is 0 Å². The Labute approximate surface area is 308 Å². The van der Waals surface area contributed by atoms with E-state index < -0.39 is 11.9 Å². The van der Waals surface area contributed by atoms with E-state index in [1.54, 1.807) is 24.3 Å². The van der Waals surface area contributed by atoms with Crippen molar-refractivity contribution in [3.63, 3.8) is 0 Å². The first-order valence-electron chi connectivity index (χ1n) is 18.0. The molecule has 0 bridgehead atoms. The maximum Gasteiger partial charge on any atom is 0.306 e. The summed E-state index contributed by atoms with van der Waals surface area (Å²) in [5.41, 5.74) is 1.48. The molecular formula is C39H47Cl2N3O7. The number of carboxylic acids is 1. The quantitative estimate of drug-likeness (QED) is 0.219. The number of benzene rings is 2. The summed E-state index contributed by atoms with van der Waals surface area (Å²) in [6, 6.07) is 10.4. The number of anilines is 1. The summed E-state index contributed by atoms with van der Waals surface area (Å²) in [4.78, 5) is 55.9. The average Bonchev–Trinajstić information content (AvgIpc) is 3.74. The van der Waals surface area contributed by atoms with Crippen LogP contribution >= 0.6 is 23.2 Å². The van der Waals surface area contributed by atoms with Crippen LogP contribution < -0.4 is 5.32 Å². The summed E-state index contributed by atoms with van der Waals surface area (Å²) >= 11 is 13.3. The van der Waals surface area contributed by atoms with Gasteiger partial charge < -0.3 is 24.5 Å². The molecule has 1 saturated carbocycles. The molecule has 51 heavy (non-hydrogen) atoms. The number of hydrogen-bond donors (Lipinski definition) is 2. The Balaban J connectivity index is 1.12. The van der Waals surface area contributed by atoms with E-state index in [2.05, 4.69) is 10.2 Å². The van der Waals surface area contributed by atoms with Gasteiger partial charge in [0.15, 0.2) is 0 Å². The molecule has 10 nitrogen and oxygen atoms in total. The molecule has 12 heteroatoms. The molecule has 2 amide bonds. The molecule has 2 aromatic carbocycles. The summed E-state index contributed by atoms with van der Waals surface area (Å²) in [7, 11) is 0. The zero-order chi connectivity index (χ0) is 36.4. The monoisotopic (exact) mass is 739 g/mol. The lowest BCUT2D eigenvalue weighted by Gasteiger charge is -2.37. The summed E-state index contributed by atoms with van der Waals surface area (Å²) in [6.07, 6.45) is 6.30. The van der Waals surface area contributed by atoms with E-state index in [9.17, 15) is 24.3 Å². The Hall–Kier alpha value is -3.44. The minimum atomic E-state index is -0.752. The van der Waals surface area contributed by atoms with Gasteiger partial charge in [0.1, 0.15) is 17.6 Å². The summed E-state index contributed by atoms with van der Waals surface area (Å²) < 4.78 is 11.9. The molecule has 6 rings (SSSR count). The van der Waals surface area contributed by atoms with Crippen molar-refractivity contribution in [3.8, 4) is 0 Å². The van der Waals surface area contributed by atoms with Crippen molar-refractivity contribution in [2.75, 3.05) is 31.6 Å². The largest absolute Gasteiger partial charge is 0.481 e. The number of Topliss-reactive ketones (excluding diaryl/α,β-unsaturated/α-hetero) is 1. The highest BCUT2D eigenvalue weighted by Gasteiger charge is 2.41. The van der Waals surface area contributed by atoms with Crippen LogP contribution in [-0.4, -0.2) is 82.9 Å². The second-order valence-corrected chi connectivity index (χ2v) is 16.2. The highest BCUT2D eigenvalue weighted by Crippen LogP contribution is 2.35. The van der Waals surface area contributed by atoms with E-state index in [0.717, 1.165) is 32.4 Å². The first kappa shape index (κ1) is 37.3. The van der Waals surface area contributed by atoms with Gasteiger partial charge in [-0.25, -0.2) is 0 Å². The Morgan fingerprint density at radius 3 is 2.35 bits per heavy atom. The number of furan rings is 1. The number of carboxylic acid groups (broad SMARTS) is 1. The maximum absolute atomic E-state index is 14.0. The van der Waals surface area contributed by atoms with Crippen LogP contribution in [0.1, 0.15) is 81.6 Å². The second-order valence-electron chi connectivity index (χ2n) is 15.4. The predicted octanol–water partition coefficient (Wildman–Crippen LogP) is 7.49. The number of piperidine rings is 1. The van der Waals surface area contributed by atoms with Crippen LogP contribution in [0.5, 0.6) is 0 Å². The van der Waals surface area contributed by atoms with Gasteiger partial charge in [-0.1, -0.05) is 62.2 Å². The fourth-order valence-corrected chi connectivity index (χ4v) is 8.37. The molecule has 1 aliphatic carbocycles. The maximum atomic E-state index is 14.0. The molecule has 2 saturated heterocycles. The van der Waals surface area contributed by atoms with Crippen LogP contribution in [0.25, 0.3) is 11.0 Å². The van der Waals surface area contributed by atoms with Gasteiger partial charge in [-0.3, -0.25) is 24.1 Å². The number of carbonyl (C=O) groups excluding carboxylic acids is 3. The molecule has 0 spiro atoms. The standard InChI is InChI=1S/C39H47Cl2N3O7/c1-39(2,3)36(46)23-12-14-43(15-13-23)26-18-27(21-50-28-10-8-24(9-11-28)38(48)49)44(20-26)35(45)17-25-16-32(41)33(19-31(25)40)42-37(47)30-22-51-34-7-5-4-6-29(30)34/h4-7,16,19,22-24,26-28H,8-15,17-18,20-21H2,1-3H3,(H,42,47)(H,48,49)/t24-,26-,27-,28-/m0/s1. The molecule has 274 valence electrons. The summed E-state index contributed by atoms with van der Waals surface area (Å²) in [6.45, 7) is 8.44. The number of rotatable bonds is 10. The number of fused-ring (bicyclic) bond motifs is 1. The number of para-hydroxylation sites is 1. The summed E-state index contributed by atoms with van der Waals surface area (Å²) in [5, 5.41) is 13.5. The fraction of sp³-hybridized carbons (Fsp3) is 0.538. The number of ether oxygens (including phenoxy) is 1. The van der Waals surface area contributed by atoms with Crippen LogP contribution in [0.3, 0.4) is 0 Å². The number of ketones is 1. The second kappa shape index (κ2) is 15.7. The van der Waals surface area contributed by atoms with E-state index in [1.807, 2.05) is 37.8 Å². The molecule has 3 fully saturated rings. The topological polar surface area (TPSA) is 129 Å². The molecule has 0 unspecified atom stereocenters. The Bertz CT molecular complexity index is 1770. The number of aliphatic carboxylic acids is 1. The molecule has 0 radical (unpaired) electrons. The molecule has 3 aromatic rings. The van der Waals surface area contributed by atoms with Gasteiger partial charge >= 0.3 is 5.97 Å². The lowest BCUT2D eigenvalue weighted by molar-refractivity contribution is -0.144. The van der Waals surface area contributed by atoms with Crippen molar-refractivity contribution < 1.29 is 33.4 Å². The van der Waals surface area contributed by atoms with Crippen LogP contribution in [-0.2, 0) is 25.5 Å². The fourth-order valence-electron chi connectivity index (χ4n) is 7.91. The van der Waals surface area contributed by atoms with Gasteiger partial charge in [0, 0.05) is 34.3 Å². The van der Waals surface area contributed by atoms with Gasteiger partial charge in [-0.05, 0) is 81.8 Å². The molecule has 2 atom stereocenters. The van der Waals surface area contributed by atoms with Crippen molar-refractivity contribution in [1.29, 1.82) is 0 Å². The van der Waals surface area contributed by atoms with Gasteiger partial charge in [-0.2, -0.15) is 0 Å². The highest BCUT2D eigenvalue weighted by atomic mass is 35.5. The molecule has 3 heterocycles. The normalized spacial score (nSPS) is 23.4. The van der Waals surface area contributed by atoms with E-state index in [4.69, 9.17) is 32.4 Å². The van der Waals surface area contributed by atoms with Crippen molar-refractivity contribution in [3.05, 3.63) is 63.8 Å². The highest BCUT2D eigenvalue weighted by molar-refractivity contribution is 6.36. The Morgan fingerprint density at radius 2 is 1.67 bits per heavy atom. The van der Waals surface area contributed by atoms with Gasteiger partial charge in [0.05, 0.1) is 47.4 Å². The molecule has 1 aromatic heterocycles. The van der Waals surface area contributed by atoms with Gasteiger partial charge in [0.25, 0.3) is 5.91 Å². The van der Waals surface area contributed by atoms with Crippen LogP contribution in [0.4, 0.5) is 5.69 Å². The Morgan fingerprint density at radius 1 is 0.961 bits per heavy atom. The zero-order valence-corrected chi connectivity index (χ0v) is 31.0. The van der Waals surface area contributed by atoms with Gasteiger partial charge in [0.2, 0.25) is 5.91 Å². The van der Waals surface area contributed by atoms with Crippen molar-refractivity contribution in [2.45, 2.75) is 90.3 Å². The first-order chi connectivity index (χ1) is 24.3. The van der Waals surface area contributed by atoms with Crippen molar-refractivity contribution in [1.82, 2.24) is 9.80 Å². The first-order valence-corrected chi connectivity index (χ1v) is 18.7. The predicted molar refractivity (Wildman–Crippen MR) is 196 cm³/mol. The number of halogens is 2. The Kier molecular flexibility index (Phi) is 11.5. The lowest BCUT2D eigenvalue weighted by atomic mass is 9.79. The zero-order valence-electron chi connectivity index (χ0n) is 29.5. The number of nitrogens with one attached hydrogen (secondary N) is 1. The number of nitrogens with zero attached hydrogens (tertiary/aromatic N) is 2. The minimum Gasteiger partial charge on any atom is -0.481 e. The number of carbonyl (C=O) groups is 4. The summed E-state index contributed by atoms with van der Waals surface area (Å²) in [5.74, 6) is -1.20. The van der Waals surface area contributed by atoms with Crippen LogP contribution in [0.15, 0.2) is 47.1 Å². The molecule has 3 aliphatic rings. The third-order valence-electron chi connectivity index (χ3n) is 10.9. The minimum absolute atomic E-state index is 0.0221. The van der Waals surface area contributed by atoms with E-state index in [-0.39, 0.29) is 52.8 Å². The number of hydrogen-bond acceptors (Lipinski definition) is 7. The van der Waals surface area contributed by atoms with Crippen LogP contribution in [0, 0.1) is 17.3 Å². The number of amides is 2. The molecule has 2 aliphatic heterocycles. The molecule has 2 N–H and O–H groups in total. The van der Waals surface area contributed by atoms with Crippen molar-refractivity contribution >= 4 is 63.4 Å². The van der Waals surface area contributed by atoms with Gasteiger partial charge in [-0.15, -0.1) is 0 Å². The third kappa shape index (κ3) is 8.62. The van der Waals surface area contributed by atoms with E-state index in [0.29, 0.717) is 77.4 Å². The molecular weight excluding hydrogens is 693 g/mol. The number of likely N-dealkylation sites (tertiary alicyclic amines) is 2. The lowest BCUT2D eigenvalue weighted by Crippen LogP contribution is -2.46. The average molecular weight is 741 g/mol. The third-order valence-corrected chi connectivity index (χ3v) is 11.5. The SMILES string of the molecule is CC(C)(C)C(=O)C1CCN([C@H]2C[C@@H](CO[C@H]3CC[C@H](C(=O)O)CC3)N(C(=O)Cc3cc(Cl)c(NC(=O)c4coc5ccccc45)cc3Cl)C2)CC1. The smallest absolute Gasteiger partial charge is 0.306 e. The van der Waals surface area contributed by atoms with Crippen LogP contribution in [0.2, 0.25) is 10.0 Å². The van der Waals surface area contributed by atoms with Crippen molar-refractivity contribution in [2.24, 2.45) is 17.3 Å². The van der Waals surface area contributed by atoms with E-state index in [1.165, 1.54) is 6.26 Å².